The summed E-state index contributed by atoms with van der Waals surface area (Å²) in [5, 5.41) is 0. The minimum atomic E-state index is -0.352. The van der Waals surface area contributed by atoms with Crippen LogP contribution in [0.5, 0.6) is 5.75 Å². The van der Waals surface area contributed by atoms with Gasteiger partial charge in [-0.3, -0.25) is 9.59 Å². The minimum Gasteiger partial charge on any atom is -0.485 e. The summed E-state index contributed by atoms with van der Waals surface area (Å²) in [4.78, 5) is 28.6. The molecule has 2 aliphatic rings. The van der Waals surface area contributed by atoms with Gasteiger partial charge in [0.2, 0.25) is 11.8 Å². The van der Waals surface area contributed by atoms with Crippen LogP contribution < -0.4 is 4.74 Å². The highest BCUT2D eigenvalue weighted by atomic mass is 16.5. The summed E-state index contributed by atoms with van der Waals surface area (Å²) in [6.07, 6.45) is 4.40. The molecule has 0 N–H and O–H groups in total. The van der Waals surface area contributed by atoms with Gasteiger partial charge in [0.05, 0.1) is 6.54 Å². The number of para-hydroxylation sites is 1. The molecular formula is C22H32N2O3. The van der Waals surface area contributed by atoms with Gasteiger partial charge < -0.3 is 14.5 Å². The van der Waals surface area contributed by atoms with E-state index in [0.717, 1.165) is 43.4 Å². The molecule has 1 aliphatic carbocycles. The monoisotopic (exact) mass is 372 g/mol. The summed E-state index contributed by atoms with van der Waals surface area (Å²) < 4.78 is 6.53. The second-order valence-electron chi connectivity index (χ2n) is 8.26. The Morgan fingerprint density at radius 3 is 2.59 bits per heavy atom. The lowest BCUT2D eigenvalue weighted by atomic mass is 9.80. The number of ether oxygens (including phenoxy) is 1. The number of hydrogen-bond acceptors (Lipinski definition) is 3. The highest BCUT2D eigenvalue weighted by Crippen LogP contribution is 2.39. The molecule has 0 bridgehead atoms. The molecule has 1 heterocycles. The first-order valence-electron chi connectivity index (χ1n) is 10.1. The summed E-state index contributed by atoms with van der Waals surface area (Å²) in [7, 11) is 1.93. The third kappa shape index (κ3) is 4.12. The first-order valence-corrected chi connectivity index (χ1v) is 10.1. The van der Waals surface area contributed by atoms with E-state index in [2.05, 4.69) is 6.92 Å². The Kier molecular flexibility index (Phi) is 5.78. The predicted octanol–water partition coefficient (Wildman–Crippen LogP) is 3.61. The highest BCUT2D eigenvalue weighted by molar-refractivity contribution is 5.78. The van der Waals surface area contributed by atoms with Gasteiger partial charge >= 0.3 is 0 Å². The van der Waals surface area contributed by atoms with Crippen molar-refractivity contribution in [2.45, 2.75) is 71.1 Å². The standard InChI is InChI=1S/C22H32N2O3/c1-5-16(2)21(26)23(4)19-10-12-22(13-11-19)15-24(17(3)25)14-18-8-6-7-9-20(18)27-22/h6-9,16,19H,5,10-15H2,1-4H3/t16-,19?,22?/m0/s1. The van der Waals surface area contributed by atoms with Gasteiger partial charge in [0.25, 0.3) is 0 Å². The molecule has 1 aromatic carbocycles. The van der Waals surface area contributed by atoms with Crippen LogP contribution >= 0.6 is 0 Å². The zero-order chi connectivity index (χ0) is 19.6. The molecule has 5 heteroatoms. The largest absolute Gasteiger partial charge is 0.485 e. The van der Waals surface area contributed by atoms with Crippen LogP contribution in [0.25, 0.3) is 0 Å². The van der Waals surface area contributed by atoms with Crippen molar-refractivity contribution in [3.05, 3.63) is 29.8 Å². The Labute approximate surface area is 162 Å². The van der Waals surface area contributed by atoms with E-state index in [1.54, 1.807) is 6.92 Å². The summed E-state index contributed by atoms with van der Waals surface area (Å²) in [5.41, 5.74) is 0.713. The maximum atomic E-state index is 12.5. The molecule has 0 saturated heterocycles. The Hall–Kier alpha value is -2.04. The average Bonchev–Trinajstić information content (AvgIpc) is 2.83. The normalized spacial score (nSPS) is 25.9. The van der Waals surface area contributed by atoms with Crippen LogP contribution in [0.3, 0.4) is 0 Å². The van der Waals surface area contributed by atoms with Crippen LogP contribution in [0.2, 0.25) is 0 Å². The molecule has 148 valence electrons. The van der Waals surface area contributed by atoms with E-state index in [-0.39, 0.29) is 29.4 Å². The Bertz CT molecular complexity index is 695. The second kappa shape index (κ2) is 7.91. The maximum absolute atomic E-state index is 12.5. The smallest absolute Gasteiger partial charge is 0.225 e. The first-order chi connectivity index (χ1) is 12.8. The summed E-state index contributed by atoms with van der Waals surface area (Å²) >= 11 is 0. The van der Waals surface area contributed by atoms with E-state index in [1.165, 1.54) is 0 Å². The van der Waals surface area contributed by atoms with Gasteiger partial charge in [-0.2, -0.15) is 0 Å². The second-order valence-corrected chi connectivity index (χ2v) is 8.26. The third-order valence-corrected chi connectivity index (χ3v) is 6.38. The molecule has 0 aromatic heterocycles. The van der Waals surface area contributed by atoms with E-state index in [1.807, 2.05) is 48.0 Å². The van der Waals surface area contributed by atoms with Gasteiger partial charge in [0, 0.05) is 38.0 Å². The van der Waals surface area contributed by atoms with Crippen molar-refractivity contribution >= 4 is 11.8 Å². The van der Waals surface area contributed by atoms with Gasteiger partial charge in [0.1, 0.15) is 11.4 Å². The van der Waals surface area contributed by atoms with E-state index in [4.69, 9.17) is 4.74 Å². The maximum Gasteiger partial charge on any atom is 0.225 e. The van der Waals surface area contributed by atoms with Crippen LogP contribution in [-0.2, 0) is 16.1 Å². The van der Waals surface area contributed by atoms with Gasteiger partial charge in [-0.1, -0.05) is 32.0 Å². The van der Waals surface area contributed by atoms with Gasteiger partial charge in [-0.15, -0.1) is 0 Å². The molecule has 1 fully saturated rings. The SMILES string of the molecule is CC[C@H](C)C(=O)N(C)C1CCC2(CC1)CN(C(C)=O)Cc1ccccc1O2. The number of benzene rings is 1. The van der Waals surface area contributed by atoms with Crippen molar-refractivity contribution in [3.63, 3.8) is 0 Å². The lowest BCUT2D eigenvalue weighted by Gasteiger charge is -2.43. The number of nitrogens with zero attached hydrogens (tertiary/aromatic N) is 2. The third-order valence-electron chi connectivity index (χ3n) is 6.38. The highest BCUT2D eigenvalue weighted by Gasteiger charge is 2.43. The molecule has 0 radical (unpaired) electrons. The fraction of sp³-hybridized carbons (Fsp3) is 0.636. The predicted molar refractivity (Wildman–Crippen MR) is 105 cm³/mol. The van der Waals surface area contributed by atoms with Crippen molar-refractivity contribution in [1.29, 1.82) is 0 Å². The number of amides is 2. The Balaban J connectivity index is 1.75. The summed E-state index contributed by atoms with van der Waals surface area (Å²) in [6, 6.07) is 8.27. The van der Waals surface area contributed by atoms with E-state index < -0.39 is 0 Å². The van der Waals surface area contributed by atoms with Gasteiger partial charge in [-0.05, 0) is 38.2 Å². The minimum absolute atomic E-state index is 0.0695. The molecule has 1 saturated carbocycles. The van der Waals surface area contributed by atoms with Crippen LogP contribution in [0.15, 0.2) is 24.3 Å². The summed E-state index contributed by atoms with van der Waals surface area (Å²) in [6.45, 7) is 6.90. The fourth-order valence-corrected chi connectivity index (χ4v) is 4.31. The molecule has 1 atom stereocenters. The van der Waals surface area contributed by atoms with Crippen molar-refractivity contribution in [3.8, 4) is 5.75 Å². The van der Waals surface area contributed by atoms with Crippen LogP contribution in [0, 0.1) is 5.92 Å². The molecule has 1 spiro atoms. The van der Waals surface area contributed by atoms with Gasteiger partial charge in [0.15, 0.2) is 0 Å². The molecule has 0 unspecified atom stereocenters. The average molecular weight is 373 g/mol. The van der Waals surface area contributed by atoms with Gasteiger partial charge in [-0.25, -0.2) is 0 Å². The molecular weight excluding hydrogens is 340 g/mol. The number of hydrogen-bond donors (Lipinski definition) is 0. The zero-order valence-corrected chi connectivity index (χ0v) is 17.0. The van der Waals surface area contributed by atoms with Crippen molar-refractivity contribution in [1.82, 2.24) is 9.80 Å². The zero-order valence-electron chi connectivity index (χ0n) is 17.0. The number of carbonyl (C=O) groups excluding carboxylic acids is 2. The first kappa shape index (κ1) is 19.7. The van der Waals surface area contributed by atoms with E-state index in [0.29, 0.717) is 13.1 Å². The lowest BCUT2D eigenvalue weighted by molar-refractivity contribution is -0.138. The molecule has 1 aliphatic heterocycles. The fourth-order valence-electron chi connectivity index (χ4n) is 4.31. The van der Waals surface area contributed by atoms with Crippen LogP contribution in [-0.4, -0.2) is 46.8 Å². The number of fused-ring (bicyclic) bond motifs is 1. The topological polar surface area (TPSA) is 49.9 Å². The van der Waals surface area contributed by atoms with Crippen LogP contribution in [0.1, 0.15) is 58.4 Å². The summed E-state index contributed by atoms with van der Waals surface area (Å²) in [5.74, 6) is 1.28. The van der Waals surface area contributed by atoms with Crippen molar-refractivity contribution < 1.29 is 14.3 Å². The Morgan fingerprint density at radius 2 is 1.96 bits per heavy atom. The quantitative estimate of drug-likeness (QED) is 0.814. The number of rotatable bonds is 3. The van der Waals surface area contributed by atoms with E-state index in [9.17, 15) is 9.59 Å². The van der Waals surface area contributed by atoms with Crippen molar-refractivity contribution in [2.75, 3.05) is 13.6 Å². The molecule has 27 heavy (non-hydrogen) atoms. The lowest BCUT2D eigenvalue weighted by Crippen LogP contribution is -2.52. The number of carbonyl (C=O) groups is 2. The molecule has 2 amide bonds. The van der Waals surface area contributed by atoms with E-state index >= 15 is 0 Å². The Morgan fingerprint density at radius 1 is 1.30 bits per heavy atom. The van der Waals surface area contributed by atoms with Crippen molar-refractivity contribution in [2.24, 2.45) is 5.92 Å². The molecule has 5 nitrogen and oxygen atoms in total. The molecule has 3 rings (SSSR count). The van der Waals surface area contributed by atoms with Crippen LogP contribution in [0.4, 0.5) is 0 Å². The molecule has 1 aromatic rings.